The minimum Gasteiger partial charge on any atom is -0.300 e. The molecule has 0 spiro atoms. The maximum Gasteiger partial charge on any atom is 0.262 e. The summed E-state index contributed by atoms with van der Waals surface area (Å²) < 4.78 is 0.972. The molecule has 2 heterocycles. The van der Waals surface area contributed by atoms with Crippen molar-refractivity contribution in [1.82, 2.24) is 9.88 Å². The Morgan fingerprint density at radius 2 is 1.69 bits per heavy atom. The molecule has 164 valence electrons. The molecule has 0 saturated carbocycles. The van der Waals surface area contributed by atoms with Gasteiger partial charge in [0.2, 0.25) is 5.91 Å². The number of fused-ring (bicyclic) bond motifs is 1. The SMILES string of the molecule is CCC(C)C(C(=O)Nc1nc(-c2ccc(Br)cc2)c(C)s1)N1C(=O)c2ccccc2C1=O. The van der Waals surface area contributed by atoms with Crippen molar-refractivity contribution in [3.63, 3.8) is 0 Å². The molecule has 0 saturated heterocycles. The second-order valence-electron chi connectivity index (χ2n) is 7.78. The Morgan fingerprint density at radius 3 is 2.25 bits per heavy atom. The molecule has 0 fully saturated rings. The third kappa shape index (κ3) is 4.00. The maximum atomic E-state index is 13.3. The minimum atomic E-state index is -0.923. The van der Waals surface area contributed by atoms with Gasteiger partial charge in [-0.05, 0) is 37.1 Å². The molecule has 1 aliphatic heterocycles. The lowest BCUT2D eigenvalue weighted by Gasteiger charge is -2.29. The standard InChI is InChI=1S/C24H22BrN3O3S/c1-4-13(2)20(28-22(30)17-7-5-6-8-18(17)23(28)31)21(29)27-24-26-19(14(3)32-24)15-9-11-16(25)12-10-15/h5-13,20H,4H2,1-3H3,(H,26,27,29). The fourth-order valence-electron chi connectivity index (χ4n) is 3.82. The average Bonchev–Trinajstić information content (AvgIpc) is 3.26. The van der Waals surface area contributed by atoms with Crippen LogP contribution in [-0.2, 0) is 4.79 Å². The van der Waals surface area contributed by atoms with Gasteiger partial charge in [0.1, 0.15) is 6.04 Å². The van der Waals surface area contributed by atoms with Crippen LogP contribution in [-0.4, -0.2) is 33.6 Å². The van der Waals surface area contributed by atoms with Crippen molar-refractivity contribution in [3.05, 3.63) is 69.0 Å². The maximum absolute atomic E-state index is 13.3. The van der Waals surface area contributed by atoms with Gasteiger partial charge >= 0.3 is 0 Å². The highest BCUT2D eigenvalue weighted by Crippen LogP contribution is 2.33. The number of hydrogen-bond donors (Lipinski definition) is 1. The highest BCUT2D eigenvalue weighted by molar-refractivity contribution is 9.10. The Hall–Kier alpha value is -2.84. The van der Waals surface area contributed by atoms with Crippen molar-refractivity contribution in [2.24, 2.45) is 5.92 Å². The van der Waals surface area contributed by atoms with E-state index in [9.17, 15) is 14.4 Å². The zero-order chi connectivity index (χ0) is 23.0. The third-order valence-electron chi connectivity index (χ3n) is 5.70. The number of carbonyl (C=O) groups is 3. The van der Waals surface area contributed by atoms with Crippen LogP contribution in [0.1, 0.15) is 45.9 Å². The Labute approximate surface area is 198 Å². The van der Waals surface area contributed by atoms with Gasteiger partial charge in [-0.1, -0.05) is 60.5 Å². The van der Waals surface area contributed by atoms with Crippen molar-refractivity contribution in [2.45, 2.75) is 33.2 Å². The second kappa shape index (κ2) is 8.96. The second-order valence-corrected chi connectivity index (χ2v) is 9.90. The first kappa shape index (κ1) is 22.4. The number of thiazole rings is 1. The molecule has 3 aromatic rings. The van der Waals surface area contributed by atoms with E-state index in [1.54, 1.807) is 24.3 Å². The van der Waals surface area contributed by atoms with Gasteiger partial charge in [-0.2, -0.15) is 0 Å². The third-order valence-corrected chi connectivity index (χ3v) is 7.11. The van der Waals surface area contributed by atoms with E-state index in [4.69, 9.17) is 0 Å². The number of aryl methyl sites for hydroxylation is 1. The first-order valence-corrected chi connectivity index (χ1v) is 11.9. The average molecular weight is 512 g/mol. The Morgan fingerprint density at radius 1 is 1.09 bits per heavy atom. The summed E-state index contributed by atoms with van der Waals surface area (Å²) >= 11 is 4.80. The number of aromatic nitrogens is 1. The number of imide groups is 1. The predicted octanol–water partition coefficient (Wildman–Crippen LogP) is 5.53. The molecule has 3 amide bonds. The summed E-state index contributed by atoms with van der Waals surface area (Å²) in [5, 5.41) is 3.30. The molecule has 8 heteroatoms. The summed E-state index contributed by atoms with van der Waals surface area (Å²) in [4.78, 5) is 46.0. The smallest absolute Gasteiger partial charge is 0.262 e. The quantitative estimate of drug-likeness (QED) is 0.441. The van der Waals surface area contributed by atoms with Crippen LogP contribution in [0.5, 0.6) is 0 Å². The molecule has 6 nitrogen and oxygen atoms in total. The van der Waals surface area contributed by atoms with Gasteiger partial charge in [0.25, 0.3) is 11.8 Å². The summed E-state index contributed by atoms with van der Waals surface area (Å²) in [5.41, 5.74) is 2.40. The number of carbonyl (C=O) groups excluding carboxylic acids is 3. The van der Waals surface area contributed by atoms with Crippen molar-refractivity contribution in [3.8, 4) is 11.3 Å². The zero-order valence-corrected chi connectivity index (χ0v) is 20.3. The van der Waals surface area contributed by atoms with E-state index in [0.29, 0.717) is 22.7 Å². The van der Waals surface area contributed by atoms with E-state index in [1.807, 2.05) is 45.0 Å². The van der Waals surface area contributed by atoms with Crippen LogP contribution >= 0.6 is 27.3 Å². The summed E-state index contributed by atoms with van der Waals surface area (Å²) in [6, 6.07) is 13.5. The van der Waals surface area contributed by atoms with Crippen LogP contribution < -0.4 is 5.32 Å². The summed E-state index contributed by atoms with van der Waals surface area (Å²) in [6.45, 7) is 5.75. The van der Waals surface area contributed by atoms with E-state index in [-0.39, 0.29) is 5.92 Å². The number of anilines is 1. The first-order valence-electron chi connectivity index (χ1n) is 10.3. The highest BCUT2D eigenvalue weighted by Gasteiger charge is 2.44. The van der Waals surface area contributed by atoms with Crippen LogP contribution in [0.15, 0.2) is 53.0 Å². The van der Waals surface area contributed by atoms with Crippen LogP contribution in [0.25, 0.3) is 11.3 Å². The number of nitrogens with one attached hydrogen (secondary N) is 1. The molecular formula is C24H22BrN3O3S. The van der Waals surface area contributed by atoms with Crippen molar-refractivity contribution in [1.29, 1.82) is 0 Å². The van der Waals surface area contributed by atoms with Crippen LogP contribution in [0.4, 0.5) is 5.13 Å². The van der Waals surface area contributed by atoms with Crippen molar-refractivity contribution >= 4 is 50.1 Å². The van der Waals surface area contributed by atoms with Gasteiger partial charge in [-0.25, -0.2) is 4.98 Å². The predicted molar refractivity (Wildman–Crippen MR) is 129 cm³/mol. The lowest BCUT2D eigenvalue weighted by molar-refractivity contribution is -0.121. The molecule has 1 aliphatic rings. The lowest BCUT2D eigenvalue weighted by Crippen LogP contribution is -2.50. The highest BCUT2D eigenvalue weighted by atomic mass is 79.9. The topological polar surface area (TPSA) is 79.4 Å². The van der Waals surface area contributed by atoms with Gasteiger partial charge < -0.3 is 5.32 Å². The number of nitrogens with zero attached hydrogens (tertiary/aromatic N) is 2. The molecule has 2 unspecified atom stereocenters. The molecule has 1 N–H and O–H groups in total. The molecule has 0 aliphatic carbocycles. The monoisotopic (exact) mass is 511 g/mol. The van der Waals surface area contributed by atoms with E-state index >= 15 is 0 Å². The molecular weight excluding hydrogens is 490 g/mol. The fourth-order valence-corrected chi connectivity index (χ4v) is 4.92. The summed E-state index contributed by atoms with van der Waals surface area (Å²) in [5.74, 6) is -1.50. The van der Waals surface area contributed by atoms with Gasteiger partial charge in [-0.15, -0.1) is 11.3 Å². The molecule has 32 heavy (non-hydrogen) atoms. The molecule has 1 aromatic heterocycles. The van der Waals surface area contributed by atoms with Crippen molar-refractivity contribution < 1.29 is 14.4 Å². The number of benzene rings is 2. The van der Waals surface area contributed by atoms with E-state index in [0.717, 1.165) is 25.5 Å². The van der Waals surface area contributed by atoms with Crippen molar-refractivity contribution in [2.75, 3.05) is 5.32 Å². The van der Waals surface area contributed by atoms with E-state index in [1.165, 1.54) is 11.3 Å². The van der Waals surface area contributed by atoms with Gasteiger partial charge in [0.15, 0.2) is 5.13 Å². The van der Waals surface area contributed by atoms with Crippen LogP contribution in [0.2, 0.25) is 0 Å². The number of halogens is 1. The van der Waals surface area contributed by atoms with Gasteiger partial charge in [0, 0.05) is 14.9 Å². The number of rotatable bonds is 6. The lowest BCUT2D eigenvalue weighted by atomic mass is 9.96. The summed E-state index contributed by atoms with van der Waals surface area (Å²) in [7, 11) is 0. The molecule has 0 bridgehead atoms. The van der Waals surface area contributed by atoms with Crippen LogP contribution in [0, 0.1) is 12.8 Å². The fraction of sp³-hybridized carbons (Fsp3) is 0.250. The zero-order valence-electron chi connectivity index (χ0n) is 17.9. The largest absolute Gasteiger partial charge is 0.300 e. The number of hydrogen-bond acceptors (Lipinski definition) is 5. The van der Waals surface area contributed by atoms with Gasteiger partial charge in [-0.3, -0.25) is 19.3 Å². The Balaban J connectivity index is 1.62. The molecule has 2 atom stereocenters. The number of amides is 3. The molecule has 2 aromatic carbocycles. The van der Waals surface area contributed by atoms with E-state index < -0.39 is 23.8 Å². The normalized spacial score (nSPS) is 14.9. The molecule has 4 rings (SSSR count). The first-order chi connectivity index (χ1) is 15.3. The Bertz CT molecular complexity index is 1170. The molecule has 0 radical (unpaired) electrons. The minimum absolute atomic E-state index is 0.218. The van der Waals surface area contributed by atoms with E-state index in [2.05, 4.69) is 26.2 Å². The van der Waals surface area contributed by atoms with Crippen LogP contribution in [0.3, 0.4) is 0 Å². The Kier molecular flexibility index (Phi) is 6.26. The van der Waals surface area contributed by atoms with Gasteiger partial charge in [0.05, 0.1) is 16.8 Å². The summed E-state index contributed by atoms with van der Waals surface area (Å²) in [6.07, 6.45) is 0.631.